The summed E-state index contributed by atoms with van der Waals surface area (Å²) in [6.45, 7) is 2.53. The molecule has 8 nitrogen and oxygen atoms in total. The maximum atomic E-state index is 14.1. The summed E-state index contributed by atoms with van der Waals surface area (Å²) in [7, 11) is 1.33. The lowest BCUT2D eigenvalue weighted by atomic mass is 9.92. The Morgan fingerprint density at radius 1 is 1.04 bits per heavy atom. The molecule has 53 heavy (non-hydrogen) atoms. The molecule has 282 valence electrons. The number of amides is 1. The van der Waals surface area contributed by atoms with Gasteiger partial charge in [0.1, 0.15) is 5.69 Å². The third-order valence-corrected chi connectivity index (χ3v) is 10.1. The number of alkyl halides is 9. The SMILES string of the molecule is COC(C)/C(=C\C(=CN)c1ccc(C(=O)O)cc1C)c1ccc(C(F)(F)F)nc1CN1C(=O)O[C@]2(C3=CC(C(F)(F)F)=CC(C(F)(F)F)=CC32)C12CC2. The number of aromatic carboxylic acids is 1. The first kappa shape index (κ1) is 37.7. The van der Waals surface area contributed by atoms with Gasteiger partial charge in [0.25, 0.3) is 0 Å². The van der Waals surface area contributed by atoms with E-state index in [0.717, 1.165) is 11.0 Å². The van der Waals surface area contributed by atoms with Crippen molar-refractivity contribution in [1.29, 1.82) is 0 Å². The van der Waals surface area contributed by atoms with E-state index in [2.05, 4.69) is 4.98 Å². The quantitative estimate of drug-likeness (QED) is 0.206. The molecule has 2 aromatic rings. The number of aryl methyl sites for hydroxylation is 1. The lowest BCUT2D eigenvalue weighted by molar-refractivity contribution is -0.141. The van der Waals surface area contributed by atoms with E-state index in [9.17, 15) is 54.2 Å². The number of nitrogens with zero attached hydrogens (tertiary/aromatic N) is 2. The minimum absolute atomic E-state index is 0.00625. The van der Waals surface area contributed by atoms with Gasteiger partial charge in [0.05, 0.1) is 40.6 Å². The lowest BCUT2D eigenvalue weighted by Gasteiger charge is -2.27. The summed E-state index contributed by atoms with van der Waals surface area (Å²) >= 11 is 0. The molecule has 1 amide bonds. The number of ether oxygens (including phenoxy) is 2. The van der Waals surface area contributed by atoms with Crippen LogP contribution in [-0.4, -0.2) is 63.8 Å². The average Bonchev–Trinajstić information content (AvgIpc) is 3.96. The van der Waals surface area contributed by atoms with Crippen LogP contribution in [0.4, 0.5) is 44.3 Å². The number of pyridine rings is 1. The van der Waals surface area contributed by atoms with Crippen molar-refractivity contribution in [3.05, 3.63) is 111 Å². The number of methoxy groups -OCH3 is 1. The van der Waals surface area contributed by atoms with E-state index in [0.29, 0.717) is 34.9 Å². The van der Waals surface area contributed by atoms with E-state index in [1.165, 1.54) is 37.6 Å². The maximum Gasteiger partial charge on any atom is 0.433 e. The Bertz CT molecular complexity index is 2060. The number of hydrogen-bond donors (Lipinski definition) is 2. The van der Waals surface area contributed by atoms with E-state index in [-0.39, 0.29) is 46.9 Å². The summed E-state index contributed by atoms with van der Waals surface area (Å²) in [6.07, 6.45) is -13.4. The first-order valence-electron chi connectivity index (χ1n) is 16.0. The van der Waals surface area contributed by atoms with Gasteiger partial charge in [-0.25, -0.2) is 14.6 Å². The number of carboxylic acid groups (broad SMARTS) is 1. The fourth-order valence-electron chi connectivity index (χ4n) is 7.26. The number of rotatable bonds is 8. The lowest BCUT2D eigenvalue weighted by Crippen LogP contribution is -2.41. The first-order chi connectivity index (χ1) is 24.6. The van der Waals surface area contributed by atoms with Gasteiger partial charge >= 0.3 is 30.6 Å². The number of carboxylic acids is 1. The van der Waals surface area contributed by atoms with Crippen molar-refractivity contribution >= 4 is 23.2 Å². The van der Waals surface area contributed by atoms with Crippen LogP contribution in [0.2, 0.25) is 0 Å². The van der Waals surface area contributed by atoms with E-state index in [1.54, 1.807) is 13.8 Å². The third-order valence-electron chi connectivity index (χ3n) is 10.1. The van der Waals surface area contributed by atoms with E-state index >= 15 is 0 Å². The molecule has 3 aliphatic carbocycles. The highest BCUT2D eigenvalue weighted by Crippen LogP contribution is 2.73. The zero-order chi connectivity index (χ0) is 39.1. The van der Waals surface area contributed by atoms with Gasteiger partial charge in [-0.05, 0) is 91.0 Å². The molecule has 2 unspecified atom stereocenters. The van der Waals surface area contributed by atoms with Gasteiger partial charge in [-0.2, -0.15) is 39.5 Å². The van der Waals surface area contributed by atoms with Crippen LogP contribution < -0.4 is 5.73 Å². The van der Waals surface area contributed by atoms with Crippen molar-refractivity contribution in [2.75, 3.05) is 7.11 Å². The van der Waals surface area contributed by atoms with E-state index in [4.69, 9.17) is 15.2 Å². The number of allylic oxidation sites excluding steroid dienone is 6. The number of aromatic nitrogens is 1. The molecule has 6 rings (SSSR count). The summed E-state index contributed by atoms with van der Waals surface area (Å²) in [5.41, 5.74) is -0.883. The predicted octanol–water partition coefficient (Wildman–Crippen LogP) is 8.30. The van der Waals surface area contributed by atoms with Gasteiger partial charge in [0.2, 0.25) is 0 Å². The Morgan fingerprint density at radius 3 is 2.21 bits per heavy atom. The zero-order valence-electron chi connectivity index (χ0n) is 28.0. The van der Waals surface area contributed by atoms with Gasteiger partial charge in [0.15, 0.2) is 5.60 Å². The molecule has 3 fully saturated rings. The largest absolute Gasteiger partial charge is 0.478 e. The topological polar surface area (TPSA) is 115 Å². The fourth-order valence-corrected chi connectivity index (χ4v) is 7.26. The molecule has 3 N–H and O–H groups in total. The molecule has 2 saturated carbocycles. The minimum atomic E-state index is -5.18. The summed E-state index contributed by atoms with van der Waals surface area (Å²) < 4.78 is 137. The molecule has 3 atom stereocenters. The Morgan fingerprint density at radius 2 is 1.68 bits per heavy atom. The van der Waals surface area contributed by atoms with Crippen LogP contribution in [0.1, 0.15) is 58.2 Å². The number of carbonyl (C=O) groups excluding carboxylic acids is 1. The second kappa shape index (κ2) is 12.5. The van der Waals surface area contributed by atoms with Gasteiger partial charge in [0, 0.05) is 24.8 Å². The Hall–Kier alpha value is -5.06. The molecule has 0 bridgehead atoms. The van der Waals surface area contributed by atoms with Crippen LogP contribution >= 0.6 is 0 Å². The highest BCUT2D eigenvalue weighted by Gasteiger charge is 2.84. The fraction of sp³-hybridized carbons (Fsp3) is 0.361. The summed E-state index contributed by atoms with van der Waals surface area (Å²) in [5, 5.41) is 9.39. The van der Waals surface area contributed by atoms with Crippen molar-refractivity contribution < 1.29 is 63.7 Å². The summed E-state index contributed by atoms with van der Waals surface area (Å²) in [4.78, 5) is 30.0. The molecule has 1 aromatic heterocycles. The monoisotopic (exact) mass is 755 g/mol. The van der Waals surface area contributed by atoms with Crippen LogP contribution in [-0.2, 0) is 22.2 Å². The number of hydrogen-bond acceptors (Lipinski definition) is 6. The molecule has 17 heteroatoms. The number of carbonyl (C=O) groups is 2. The molecule has 2 spiro atoms. The van der Waals surface area contributed by atoms with Gasteiger partial charge < -0.3 is 20.3 Å². The summed E-state index contributed by atoms with van der Waals surface area (Å²) in [5.74, 6) is -2.55. The normalized spacial score (nSPS) is 23.2. The number of halogens is 9. The van der Waals surface area contributed by atoms with Crippen molar-refractivity contribution in [3.8, 4) is 0 Å². The molecule has 2 heterocycles. The van der Waals surface area contributed by atoms with Crippen LogP contribution in [0, 0.1) is 12.8 Å². The van der Waals surface area contributed by atoms with Crippen molar-refractivity contribution in [3.63, 3.8) is 0 Å². The first-order valence-corrected chi connectivity index (χ1v) is 16.0. The molecular weight excluding hydrogens is 725 g/mol. The molecule has 1 aromatic carbocycles. The Balaban J connectivity index is 1.45. The van der Waals surface area contributed by atoms with E-state index in [1.807, 2.05) is 0 Å². The van der Waals surface area contributed by atoms with Crippen molar-refractivity contribution in [2.45, 2.75) is 69.0 Å². The van der Waals surface area contributed by atoms with Gasteiger partial charge in [-0.3, -0.25) is 4.90 Å². The predicted molar refractivity (Wildman–Crippen MR) is 171 cm³/mol. The Labute approximate surface area is 295 Å². The highest BCUT2D eigenvalue weighted by atomic mass is 19.4. The van der Waals surface area contributed by atoms with E-state index < -0.39 is 77.1 Å². The smallest absolute Gasteiger partial charge is 0.433 e. The molecule has 1 saturated heterocycles. The van der Waals surface area contributed by atoms with Crippen LogP contribution in [0.3, 0.4) is 0 Å². The van der Waals surface area contributed by atoms with Crippen LogP contribution in [0.5, 0.6) is 0 Å². The standard InChI is InChI=1S/C36H30F9N3O5/c1-17-10-19(30(49)50)4-5-23(17)20(15-46)11-25(18(2)52-3)24-6-7-29(36(43,44)45)47-28(24)16-48-31(51)53-33(32(48)8-9-32)26-13-21(34(37,38)39)12-22(14-27(26)33)35(40,41)42/h4-7,10-15,18,26H,8-9,16,46H2,1-3H3,(H,49,50)/b20-15?,25-11+/t18?,26?,33-/m1/s1. The van der Waals surface area contributed by atoms with Gasteiger partial charge in [-0.1, -0.05) is 18.2 Å². The second-order valence-electron chi connectivity index (χ2n) is 13.1. The maximum absolute atomic E-state index is 14.1. The Kier molecular flexibility index (Phi) is 8.91. The number of benzene rings is 1. The minimum Gasteiger partial charge on any atom is -0.478 e. The highest BCUT2D eigenvalue weighted by molar-refractivity contribution is 5.91. The van der Waals surface area contributed by atoms with Crippen LogP contribution in [0.25, 0.3) is 11.1 Å². The van der Waals surface area contributed by atoms with Crippen LogP contribution in [0.15, 0.2) is 77.6 Å². The van der Waals surface area contributed by atoms with Crippen molar-refractivity contribution in [1.82, 2.24) is 9.88 Å². The number of fused-ring (bicyclic) bond motifs is 4. The van der Waals surface area contributed by atoms with Gasteiger partial charge in [-0.15, -0.1) is 0 Å². The second-order valence-corrected chi connectivity index (χ2v) is 13.1. The molecule has 0 radical (unpaired) electrons. The molecule has 1 aliphatic heterocycles. The third kappa shape index (κ3) is 6.38. The molecule has 4 aliphatic rings. The number of nitrogens with two attached hydrogens (primary N) is 1. The molecular formula is C36H30F9N3O5. The average molecular weight is 756 g/mol. The zero-order valence-corrected chi connectivity index (χ0v) is 28.0. The van der Waals surface area contributed by atoms with Crippen molar-refractivity contribution in [2.24, 2.45) is 11.7 Å². The summed E-state index contributed by atoms with van der Waals surface area (Å²) in [6, 6.07) is 6.05.